The Kier molecular flexibility index (Phi) is 2.65. The topological polar surface area (TPSA) is 80.0 Å². The molecule has 3 aromatic heterocycles. The first kappa shape index (κ1) is 16.0. The van der Waals surface area contributed by atoms with Crippen LogP contribution in [0, 0.1) is 17.3 Å². The first-order valence-corrected chi connectivity index (χ1v) is 10.5. The number of amides is 1. The van der Waals surface area contributed by atoms with Gasteiger partial charge in [-0.15, -0.1) is 0 Å². The van der Waals surface area contributed by atoms with E-state index in [0.29, 0.717) is 23.3 Å². The van der Waals surface area contributed by atoms with Crippen LogP contribution in [0.3, 0.4) is 0 Å². The third-order valence-corrected chi connectivity index (χ3v) is 8.73. The predicted molar refractivity (Wildman–Crippen MR) is 106 cm³/mol. The SMILES string of the molecule is O=C(NC12CC3CC4(n5cc6ncccc6c5O)CC(C1)C24C3)c1cccnc1. The van der Waals surface area contributed by atoms with Crippen LogP contribution in [0.1, 0.15) is 42.5 Å². The molecule has 2 N–H and O–H groups in total. The number of nitrogens with zero attached hydrogens (tertiary/aromatic N) is 3. The number of carbonyl (C=O) groups is 1. The Morgan fingerprint density at radius 1 is 1.14 bits per heavy atom. The second-order valence-electron chi connectivity index (χ2n) is 9.62. The molecule has 5 unspecified atom stereocenters. The van der Waals surface area contributed by atoms with E-state index in [4.69, 9.17) is 0 Å². The molecular formula is C23H22N4O2. The zero-order valence-corrected chi connectivity index (χ0v) is 16.0. The molecule has 1 spiro atoms. The fourth-order valence-electron chi connectivity index (χ4n) is 8.05. The molecule has 6 nitrogen and oxygen atoms in total. The van der Waals surface area contributed by atoms with Gasteiger partial charge in [-0.05, 0) is 68.2 Å². The smallest absolute Gasteiger partial charge is 0.253 e. The van der Waals surface area contributed by atoms with Gasteiger partial charge in [-0.25, -0.2) is 0 Å². The van der Waals surface area contributed by atoms with Gasteiger partial charge in [0.1, 0.15) is 0 Å². The van der Waals surface area contributed by atoms with Gasteiger partial charge in [-0.1, -0.05) is 0 Å². The van der Waals surface area contributed by atoms with E-state index in [1.54, 1.807) is 24.7 Å². The lowest BCUT2D eigenvalue weighted by Crippen LogP contribution is -2.83. The first-order valence-electron chi connectivity index (χ1n) is 10.5. The van der Waals surface area contributed by atoms with E-state index in [1.807, 2.05) is 24.4 Å². The molecule has 0 aliphatic heterocycles. The van der Waals surface area contributed by atoms with E-state index in [1.165, 1.54) is 0 Å². The number of rotatable bonds is 3. The van der Waals surface area contributed by atoms with Crippen LogP contribution in [-0.2, 0) is 5.54 Å². The van der Waals surface area contributed by atoms with Crippen LogP contribution < -0.4 is 5.32 Å². The van der Waals surface area contributed by atoms with Gasteiger partial charge in [0.2, 0.25) is 5.88 Å². The molecule has 4 saturated carbocycles. The van der Waals surface area contributed by atoms with Crippen molar-refractivity contribution in [2.24, 2.45) is 17.3 Å². The highest BCUT2D eigenvalue weighted by molar-refractivity contribution is 5.94. The van der Waals surface area contributed by atoms with Crippen molar-refractivity contribution >= 4 is 16.8 Å². The summed E-state index contributed by atoms with van der Waals surface area (Å²) in [6, 6.07) is 7.43. The zero-order valence-electron chi connectivity index (χ0n) is 16.0. The highest BCUT2D eigenvalue weighted by atomic mass is 16.3. The number of fused-ring (bicyclic) bond motifs is 2. The Balaban J connectivity index is 1.32. The molecule has 7 rings (SSSR count). The van der Waals surface area contributed by atoms with Crippen LogP contribution >= 0.6 is 0 Å². The Morgan fingerprint density at radius 3 is 2.83 bits per heavy atom. The summed E-state index contributed by atoms with van der Waals surface area (Å²) in [6.45, 7) is 0. The maximum absolute atomic E-state index is 13.0. The Bertz CT molecular complexity index is 1190. The number of hydrogen-bond donors (Lipinski definition) is 2. The molecule has 0 aromatic carbocycles. The normalized spacial score (nSPS) is 38.3. The van der Waals surface area contributed by atoms with Crippen molar-refractivity contribution in [2.75, 3.05) is 0 Å². The summed E-state index contributed by atoms with van der Waals surface area (Å²) in [4.78, 5) is 21.6. The largest absolute Gasteiger partial charge is 0.494 e. The number of hydrogen-bond acceptors (Lipinski definition) is 4. The monoisotopic (exact) mass is 386 g/mol. The Hall–Kier alpha value is -2.89. The third-order valence-electron chi connectivity index (χ3n) is 8.73. The number of aromatic nitrogens is 3. The minimum atomic E-state index is -0.165. The van der Waals surface area contributed by atoms with Crippen molar-refractivity contribution in [3.63, 3.8) is 0 Å². The van der Waals surface area contributed by atoms with E-state index in [9.17, 15) is 9.90 Å². The number of pyridine rings is 2. The van der Waals surface area contributed by atoms with Crippen LogP contribution in [0.25, 0.3) is 10.9 Å². The number of carbonyl (C=O) groups excluding carboxylic acids is 1. The molecule has 29 heavy (non-hydrogen) atoms. The molecule has 1 amide bonds. The van der Waals surface area contributed by atoms with Crippen LogP contribution in [-0.4, -0.2) is 31.1 Å². The van der Waals surface area contributed by atoms with Gasteiger partial charge >= 0.3 is 0 Å². The van der Waals surface area contributed by atoms with Gasteiger partial charge in [0.25, 0.3) is 5.91 Å². The molecule has 5 atom stereocenters. The number of aromatic hydroxyl groups is 1. The number of nitrogens with one attached hydrogen (secondary N) is 1. The quantitative estimate of drug-likeness (QED) is 0.724. The molecule has 0 radical (unpaired) electrons. The lowest BCUT2D eigenvalue weighted by atomic mass is 9.31. The van der Waals surface area contributed by atoms with Crippen LogP contribution in [0.15, 0.2) is 49.1 Å². The van der Waals surface area contributed by atoms with E-state index in [2.05, 4.69) is 19.9 Å². The summed E-state index contributed by atoms with van der Waals surface area (Å²) in [5, 5.41) is 15.3. The van der Waals surface area contributed by atoms with Gasteiger partial charge in [-0.3, -0.25) is 14.8 Å². The maximum atomic E-state index is 13.0. The highest BCUT2D eigenvalue weighted by Crippen LogP contribution is 2.87. The lowest BCUT2D eigenvalue weighted by molar-refractivity contribution is -0.252. The van der Waals surface area contributed by atoms with Gasteiger partial charge in [0.15, 0.2) is 0 Å². The van der Waals surface area contributed by atoms with Crippen molar-refractivity contribution < 1.29 is 9.90 Å². The summed E-state index contributed by atoms with van der Waals surface area (Å²) in [5.41, 5.74) is 1.24. The summed E-state index contributed by atoms with van der Waals surface area (Å²) >= 11 is 0. The van der Waals surface area contributed by atoms with Crippen LogP contribution in [0.5, 0.6) is 5.88 Å². The second-order valence-corrected chi connectivity index (χ2v) is 9.62. The second kappa shape index (κ2) is 4.81. The van der Waals surface area contributed by atoms with Crippen LogP contribution in [0.2, 0.25) is 0 Å². The molecule has 3 aromatic rings. The summed E-state index contributed by atoms with van der Waals surface area (Å²) in [7, 11) is 0. The van der Waals surface area contributed by atoms with Crippen molar-refractivity contribution in [3.8, 4) is 5.88 Å². The van der Waals surface area contributed by atoms with E-state index in [-0.39, 0.29) is 22.4 Å². The zero-order chi connectivity index (χ0) is 19.4. The third kappa shape index (κ3) is 1.58. The van der Waals surface area contributed by atoms with Gasteiger partial charge in [0, 0.05) is 35.7 Å². The summed E-state index contributed by atoms with van der Waals surface area (Å²) in [6.07, 6.45) is 12.6. The van der Waals surface area contributed by atoms with Crippen molar-refractivity contribution in [1.29, 1.82) is 0 Å². The fourth-order valence-corrected chi connectivity index (χ4v) is 8.05. The van der Waals surface area contributed by atoms with Crippen molar-refractivity contribution in [2.45, 2.75) is 43.2 Å². The molecule has 0 saturated heterocycles. The first-order chi connectivity index (χ1) is 14.1. The minimum absolute atomic E-state index is 0.0252. The fraction of sp³-hybridized carbons (Fsp3) is 0.435. The predicted octanol–water partition coefficient (Wildman–Crippen LogP) is 3.22. The molecule has 3 heterocycles. The average molecular weight is 386 g/mol. The standard InChI is InChI=1S/C23H22N4O2/c28-19(15-3-1-5-24-12-15)26-21-7-14-8-22(11-16(10-21)23(21,22)9-14)27-13-18-17(20(27)29)4-2-6-25-18/h1-6,12-14,16,29H,7-11H2,(H,26,28). The molecule has 4 fully saturated rings. The molecule has 4 aliphatic carbocycles. The molecule has 6 heteroatoms. The summed E-state index contributed by atoms with van der Waals surface area (Å²) < 4.78 is 2.12. The Morgan fingerprint density at radius 2 is 2.03 bits per heavy atom. The molecule has 2 bridgehead atoms. The van der Waals surface area contributed by atoms with E-state index < -0.39 is 0 Å². The Labute approximate surface area is 168 Å². The van der Waals surface area contributed by atoms with Crippen LogP contribution in [0.4, 0.5) is 0 Å². The van der Waals surface area contributed by atoms with Gasteiger partial charge in [-0.2, -0.15) is 0 Å². The molecule has 146 valence electrons. The van der Waals surface area contributed by atoms with E-state index >= 15 is 0 Å². The summed E-state index contributed by atoms with van der Waals surface area (Å²) in [5.74, 6) is 1.52. The lowest BCUT2D eigenvalue weighted by Gasteiger charge is -2.77. The molecular weight excluding hydrogens is 364 g/mol. The minimum Gasteiger partial charge on any atom is -0.494 e. The van der Waals surface area contributed by atoms with Gasteiger partial charge < -0.3 is 15.0 Å². The van der Waals surface area contributed by atoms with Gasteiger partial charge in [0.05, 0.1) is 22.0 Å². The highest BCUT2D eigenvalue weighted by Gasteiger charge is 2.87. The average Bonchev–Trinajstić information content (AvgIpc) is 3.32. The van der Waals surface area contributed by atoms with Crippen molar-refractivity contribution in [1.82, 2.24) is 19.9 Å². The van der Waals surface area contributed by atoms with Crippen molar-refractivity contribution in [3.05, 3.63) is 54.6 Å². The maximum Gasteiger partial charge on any atom is 0.253 e. The molecule has 4 aliphatic rings. The van der Waals surface area contributed by atoms with E-state index in [0.717, 1.165) is 43.0 Å².